The number of nitrogens with two attached hydrogens (primary N) is 1. The van der Waals surface area contributed by atoms with Crippen LogP contribution < -0.4 is 11.1 Å². The molecule has 3 N–H and O–H groups in total. The molecule has 6 heavy (non-hydrogen) atoms. The Morgan fingerprint density at radius 2 is 2.50 bits per heavy atom. The Labute approximate surface area is 40.5 Å². The van der Waals surface area contributed by atoms with Gasteiger partial charge in [-0.2, -0.15) is 0 Å². The highest BCUT2D eigenvalue weighted by molar-refractivity contribution is 6.18. The molecule has 0 atom stereocenters. The molecule has 0 spiro atoms. The summed E-state index contributed by atoms with van der Waals surface area (Å²) in [6.45, 7) is 0. The van der Waals surface area contributed by atoms with Gasteiger partial charge in [0.15, 0.2) is 0 Å². The van der Waals surface area contributed by atoms with Crippen molar-refractivity contribution in [3.63, 3.8) is 0 Å². The molecule has 0 aromatic heterocycles. The summed E-state index contributed by atoms with van der Waals surface area (Å²) in [5, 5.41) is 2.11. The van der Waals surface area contributed by atoms with Crippen molar-refractivity contribution in [3.05, 3.63) is 0 Å². The third-order valence-corrected chi connectivity index (χ3v) is 0.375. The van der Waals surface area contributed by atoms with Gasteiger partial charge in [-0.25, -0.2) is 4.79 Å². The standard InChI is InChI=1S/C2H5ClN2O/c3-1-5-2(4)6/h1H2,(H3,4,5,6). The quantitative estimate of drug-likeness (QED) is 0.356. The molecule has 0 radical (unpaired) electrons. The van der Waals surface area contributed by atoms with Crippen LogP contribution in [0.15, 0.2) is 0 Å². The molecule has 4 heteroatoms. The predicted molar refractivity (Wildman–Crippen MR) is 23.4 cm³/mol. The van der Waals surface area contributed by atoms with Crippen LogP contribution in [0.3, 0.4) is 0 Å². The summed E-state index contributed by atoms with van der Waals surface area (Å²) in [5.41, 5.74) is 4.57. The number of amides is 2. The first-order valence-corrected chi connectivity index (χ1v) is 1.90. The van der Waals surface area contributed by atoms with Crippen LogP contribution in [-0.2, 0) is 0 Å². The molecule has 0 unspecified atom stereocenters. The lowest BCUT2D eigenvalue weighted by Gasteiger charge is -1.87. The van der Waals surface area contributed by atoms with Gasteiger partial charge in [-0.05, 0) is 0 Å². The molecule has 0 aliphatic heterocycles. The van der Waals surface area contributed by atoms with Crippen molar-refractivity contribution in [2.75, 3.05) is 6.00 Å². The summed E-state index contributed by atoms with van der Waals surface area (Å²) >= 11 is 4.98. The molecule has 0 aliphatic carbocycles. The molecule has 0 saturated heterocycles. The number of primary amides is 1. The molecule has 0 fully saturated rings. The van der Waals surface area contributed by atoms with E-state index in [9.17, 15) is 4.79 Å². The number of hydrogen-bond acceptors (Lipinski definition) is 1. The fraction of sp³-hybridized carbons (Fsp3) is 0.500. The van der Waals surface area contributed by atoms with Gasteiger partial charge in [0.1, 0.15) is 0 Å². The fourth-order valence-electron chi connectivity index (χ4n) is 0.0659. The Bertz CT molecular complexity index is 55.5. The van der Waals surface area contributed by atoms with Gasteiger partial charge in [0, 0.05) is 0 Å². The number of carbonyl (C=O) groups is 1. The summed E-state index contributed by atoms with van der Waals surface area (Å²) in [6.07, 6.45) is 0. The minimum absolute atomic E-state index is 0.0787. The smallest absolute Gasteiger partial charge is 0.313 e. The average molecular weight is 109 g/mol. The molecule has 0 aromatic carbocycles. The maximum Gasteiger partial charge on any atom is 0.313 e. The van der Waals surface area contributed by atoms with Crippen molar-refractivity contribution in [2.45, 2.75) is 0 Å². The van der Waals surface area contributed by atoms with E-state index in [4.69, 9.17) is 11.6 Å². The van der Waals surface area contributed by atoms with E-state index in [0.29, 0.717) is 0 Å². The average Bonchev–Trinajstić information content (AvgIpc) is 1.35. The number of hydrogen-bond donors (Lipinski definition) is 2. The second kappa shape index (κ2) is 2.78. The van der Waals surface area contributed by atoms with Gasteiger partial charge in [0.05, 0.1) is 6.00 Å². The molecule has 0 heterocycles. The van der Waals surface area contributed by atoms with Gasteiger partial charge in [-0.3, -0.25) is 0 Å². The largest absolute Gasteiger partial charge is 0.352 e. The molecule has 2 amide bonds. The topological polar surface area (TPSA) is 55.1 Å². The van der Waals surface area contributed by atoms with Crippen LogP contribution in [0.2, 0.25) is 0 Å². The number of halogens is 1. The maximum absolute atomic E-state index is 9.63. The SMILES string of the molecule is NC(=O)NCCl. The molecular weight excluding hydrogens is 103 g/mol. The number of alkyl halides is 1. The number of urea groups is 1. The van der Waals surface area contributed by atoms with Crippen LogP contribution in [0, 0.1) is 0 Å². The monoisotopic (exact) mass is 108 g/mol. The van der Waals surface area contributed by atoms with E-state index in [2.05, 4.69) is 11.1 Å². The zero-order chi connectivity index (χ0) is 4.99. The summed E-state index contributed by atoms with van der Waals surface area (Å²) in [7, 11) is 0. The Morgan fingerprint density at radius 1 is 2.00 bits per heavy atom. The van der Waals surface area contributed by atoms with Crippen LogP contribution in [0.5, 0.6) is 0 Å². The molecule has 0 saturated carbocycles. The van der Waals surface area contributed by atoms with Crippen molar-refractivity contribution < 1.29 is 4.79 Å². The zero-order valence-electron chi connectivity index (χ0n) is 3.07. The highest BCUT2D eigenvalue weighted by Crippen LogP contribution is 1.61. The molecular formula is C2H5ClN2O. The van der Waals surface area contributed by atoms with Crippen LogP contribution >= 0.6 is 11.6 Å². The van der Waals surface area contributed by atoms with E-state index < -0.39 is 6.03 Å². The molecule has 36 valence electrons. The lowest BCUT2D eigenvalue weighted by molar-refractivity contribution is 0.250. The van der Waals surface area contributed by atoms with Gasteiger partial charge in [0.2, 0.25) is 0 Å². The minimum atomic E-state index is -0.593. The maximum atomic E-state index is 9.63. The third kappa shape index (κ3) is 3.56. The van der Waals surface area contributed by atoms with Crippen molar-refractivity contribution in [3.8, 4) is 0 Å². The van der Waals surface area contributed by atoms with E-state index in [1.807, 2.05) is 0 Å². The third-order valence-electron chi connectivity index (χ3n) is 0.241. The van der Waals surface area contributed by atoms with Crippen LogP contribution in [0.25, 0.3) is 0 Å². The van der Waals surface area contributed by atoms with Crippen molar-refractivity contribution in [2.24, 2.45) is 5.73 Å². The Morgan fingerprint density at radius 3 is 2.50 bits per heavy atom. The summed E-state index contributed by atoms with van der Waals surface area (Å²) in [4.78, 5) is 9.63. The normalized spacial score (nSPS) is 7.50. The first-order valence-electron chi connectivity index (χ1n) is 1.36. The first kappa shape index (κ1) is 5.56. The van der Waals surface area contributed by atoms with Gasteiger partial charge in [-0.15, -0.1) is 11.6 Å². The van der Waals surface area contributed by atoms with Gasteiger partial charge >= 0.3 is 6.03 Å². The number of nitrogens with one attached hydrogen (secondary N) is 1. The van der Waals surface area contributed by atoms with Gasteiger partial charge < -0.3 is 11.1 Å². The van der Waals surface area contributed by atoms with Crippen molar-refractivity contribution in [1.82, 2.24) is 5.32 Å². The minimum Gasteiger partial charge on any atom is -0.352 e. The molecule has 0 bridgehead atoms. The lowest BCUT2D eigenvalue weighted by Crippen LogP contribution is -2.27. The summed E-state index contributed by atoms with van der Waals surface area (Å²) in [5.74, 6) is 0. The summed E-state index contributed by atoms with van der Waals surface area (Å²) in [6, 6.07) is -0.514. The Balaban J connectivity index is 2.83. The van der Waals surface area contributed by atoms with E-state index in [-0.39, 0.29) is 6.00 Å². The fourth-order valence-corrected chi connectivity index (χ4v) is 0.198. The highest BCUT2D eigenvalue weighted by atomic mass is 35.5. The van der Waals surface area contributed by atoms with Gasteiger partial charge in [-0.1, -0.05) is 0 Å². The Hall–Kier alpha value is -0.440. The second-order valence-electron chi connectivity index (χ2n) is 0.675. The number of rotatable bonds is 1. The molecule has 0 aliphatic rings. The molecule has 0 rings (SSSR count). The van der Waals surface area contributed by atoms with Crippen LogP contribution in [-0.4, -0.2) is 12.0 Å². The predicted octanol–water partition coefficient (Wildman–Crippen LogP) is -0.149. The second-order valence-corrected chi connectivity index (χ2v) is 0.942. The molecule has 3 nitrogen and oxygen atoms in total. The van der Waals surface area contributed by atoms with Crippen molar-refractivity contribution >= 4 is 17.6 Å². The lowest BCUT2D eigenvalue weighted by atomic mass is 11.0. The summed E-state index contributed by atoms with van der Waals surface area (Å²) < 4.78 is 0. The van der Waals surface area contributed by atoms with Gasteiger partial charge in [0.25, 0.3) is 0 Å². The highest BCUT2D eigenvalue weighted by Gasteiger charge is 1.80. The number of carbonyl (C=O) groups excluding carboxylic acids is 1. The van der Waals surface area contributed by atoms with E-state index in [1.165, 1.54) is 0 Å². The Kier molecular flexibility index (Phi) is 2.58. The van der Waals surface area contributed by atoms with Crippen molar-refractivity contribution in [1.29, 1.82) is 0 Å². The first-order chi connectivity index (χ1) is 2.77. The van der Waals surface area contributed by atoms with E-state index in [1.54, 1.807) is 0 Å². The molecule has 0 aromatic rings. The zero-order valence-corrected chi connectivity index (χ0v) is 3.83. The van der Waals surface area contributed by atoms with Crippen LogP contribution in [0.1, 0.15) is 0 Å². The van der Waals surface area contributed by atoms with E-state index >= 15 is 0 Å². The van der Waals surface area contributed by atoms with Crippen LogP contribution in [0.4, 0.5) is 4.79 Å². The van der Waals surface area contributed by atoms with E-state index in [0.717, 1.165) is 0 Å².